The van der Waals surface area contributed by atoms with Crippen molar-refractivity contribution in [1.29, 1.82) is 0 Å². The average Bonchev–Trinajstić information content (AvgIpc) is 3.09. The first-order valence-electron chi connectivity index (χ1n) is 8.51. The summed E-state index contributed by atoms with van der Waals surface area (Å²) in [5.41, 5.74) is -1.89. The van der Waals surface area contributed by atoms with Crippen molar-refractivity contribution in [3.63, 3.8) is 0 Å². The SMILES string of the molecule is O=C(NCCCN1CCOCC1)c1cc2nc(C(F)F)cc(C(F)F)n2n1. The quantitative estimate of drug-likeness (QED) is 0.580. The van der Waals surface area contributed by atoms with Crippen molar-refractivity contribution in [2.24, 2.45) is 0 Å². The molecule has 2 aromatic rings. The number of carbonyl (C=O) groups excluding carboxylic acids is 1. The van der Waals surface area contributed by atoms with Gasteiger partial charge >= 0.3 is 0 Å². The minimum absolute atomic E-state index is 0.151. The summed E-state index contributed by atoms with van der Waals surface area (Å²) in [6.07, 6.45) is -5.33. The van der Waals surface area contributed by atoms with Gasteiger partial charge in [-0.25, -0.2) is 27.1 Å². The van der Waals surface area contributed by atoms with Gasteiger partial charge < -0.3 is 10.1 Å². The Bertz CT molecular complexity index is 792. The molecule has 7 nitrogen and oxygen atoms in total. The van der Waals surface area contributed by atoms with Gasteiger partial charge in [-0.1, -0.05) is 0 Å². The zero-order chi connectivity index (χ0) is 19.4. The molecule has 1 aliphatic heterocycles. The lowest BCUT2D eigenvalue weighted by Gasteiger charge is -2.26. The monoisotopic (exact) mass is 389 g/mol. The fourth-order valence-electron chi connectivity index (χ4n) is 2.82. The van der Waals surface area contributed by atoms with Crippen LogP contribution >= 0.6 is 0 Å². The summed E-state index contributed by atoms with van der Waals surface area (Å²) in [5, 5.41) is 6.44. The Kier molecular flexibility index (Phi) is 6.22. The number of hydrogen-bond donors (Lipinski definition) is 1. The number of alkyl halides is 4. The van der Waals surface area contributed by atoms with E-state index in [0.29, 0.717) is 32.2 Å². The highest BCUT2D eigenvalue weighted by Gasteiger charge is 2.22. The van der Waals surface area contributed by atoms with Gasteiger partial charge in [-0.2, -0.15) is 5.10 Å². The number of morpholine rings is 1. The lowest BCUT2D eigenvalue weighted by atomic mass is 10.3. The first-order valence-corrected chi connectivity index (χ1v) is 8.51. The van der Waals surface area contributed by atoms with Gasteiger partial charge in [-0.3, -0.25) is 9.69 Å². The molecule has 0 saturated carbocycles. The minimum atomic E-state index is -3.03. The van der Waals surface area contributed by atoms with E-state index >= 15 is 0 Å². The largest absolute Gasteiger partial charge is 0.379 e. The van der Waals surface area contributed by atoms with Gasteiger partial charge in [0.2, 0.25) is 0 Å². The zero-order valence-corrected chi connectivity index (χ0v) is 14.4. The van der Waals surface area contributed by atoms with Crippen LogP contribution in [0.25, 0.3) is 5.65 Å². The summed E-state index contributed by atoms with van der Waals surface area (Å²) >= 11 is 0. The molecular weight excluding hydrogens is 370 g/mol. The second-order valence-corrected chi connectivity index (χ2v) is 6.07. The number of halogens is 4. The number of aromatic nitrogens is 3. The van der Waals surface area contributed by atoms with Crippen LogP contribution in [0.5, 0.6) is 0 Å². The molecule has 0 bridgehead atoms. The van der Waals surface area contributed by atoms with Gasteiger partial charge in [0.1, 0.15) is 11.4 Å². The van der Waals surface area contributed by atoms with E-state index in [1.54, 1.807) is 0 Å². The summed E-state index contributed by atoms with van der Waals surface area (Å²) in [6.45, 7) is 4.23. The van der Waals surface area contributed by atoms with Crippen LogP contribution < -0.4 is 5.32 Å². The van der Waals surface area contributed by atoms with Gasteiger partial charge in [-0.15, -0.1) is 0 Å². The molecule has 0 radical (unpaired) electrons. The minimum Gasteiger partial charge on any atom is -0.379 e. The Morgan fingerprint density at radius 2 is 1.93 bits per heavy atom. The van der Waals surface area contributed by atoms with Crippen LogP contribution in [0.4, 0.5) is 17.6 Å². The van der Waals surface area contributed by atoms with Crippen LogP contribution in [0.3, 0.4) is 0 Å². The Morgan fingerprint density at radius 1 is 1.19 bits per heavy atom. The Morgan fingerprint density at radius 3 is 2.59 bits per heavy atom. The average molecular weight is 389 g/mol. The lowest BCUT2D eigenvalue weighted by molar-refractivity contribution is 0.0374. The van der Waals surface area contributed by atoms with Crippen molar-refractivity contribution in [3.8, 4) is 0 Å². The predicted octanol–water partition coefficient (Wildman–Crippen LogP) is 2.06. The number of carbonyl (C=O) groups is 1. The summed E-state index contributed by atoms with van der Waals surface area (Å²) in [4.78, 5) is 18.0. The van der Waals surface area contributed by atoms with Gasteiger partial charge in [0, 0.05) is 25.7 Å². The van der Waals surface area contributed by atoms with E-state index in [1.165, 1.54) is 0 Å². The molecule has 0 unspecified atom stereocenters. The fourth-order valence-corrected chi connectivity index (χ4v) is 2.82. The lowest BCUT2D eigenvalue weighted by Crippen LogP contribution is -2.38. The van der Waals surface area contributed by atoms with E-state index in [9.17, 15) is 22.4 Å². The third-order valence-electron chi connectivity index (χ3n) is 4.19. The smallest absolute Gasteiger partial charge is 0.280 e. The van der Waals surface area contributed by atoms with Gasteiger partial charge in [-0.05, 0) is 19.0 Å². The number of amides is 1. The summed E-state index contributed by atoms with van der Waals surface area (Å²) in [7, 11) is 0. The Labute approximate surface area is 152 Å². The van der Waals surface area contributed by atoms with E-state index in [4.69, 9.17) is 4.74 Å². The molecular formula is C16H19F4N5O2. The second-order valence-electron chi connectivity index (χ2n) is 6.07. The van der Waals surface area contributed by atoms with Gasteiger partial charge in [0.05, 0.1) is 13.2 Å². The van der Waals surface area contributed by atoms with Gasteiger partial charge in [0.15, 0.2) is 11.3 Å². The van der Waals surface area contributed by atoms with Crippen molar-refractivity contribution in [1.82, 2.24) is 24.8 Å². The molecule has 0 aromatic carbocycles. The third kappa shape index (κ3) is 4.72. The first-order chi connectivity index (χ1) is 13.0. The van der Waals surface area contributed by atoms with Crippen LogP contribution in [0, 0.1) is 0 Å². The molecule has 3 rings (SSSR count). The van der Waals surface area contributed by atoms with Crippen molar-refractivity contribution in [2.45, 2.75) is 19.3 Å². The highest BCUT2D eigenvalue weighted by molar-refractivity contribution is 5.93. The molecule has 1 aliphatic rings. The molecule has 2 aromatic heterocycles. The Hall–Kier alpha value is -2.27. The Balaban J connectivity index is 1.65. The number of ether oxygens (including phenoxy) is 1. The normalized spacial score (nSPS) is 15.8. The number of rotatable bonds is 7. The van der Waals surface area contributed by atoms with Crippen molar-refractivity contribution in [2.75, 3.05) is 39.4 Å². The molecule has 3 heterocycles. The molecule has 0 aliphatic carbocycles. The van der Waals surface area contributed by atoms with Crippen LogP contribution in [0.2, 0.25) is 0 Å². The fraction of sp³-hybridized carbons (Fsp3) is 0.562. The third-order valence-corrected chi connectivity index (χ3v) is 4.19. The standard InChI is InChI=1S/C16H19F4N5O2/c17-14(18)10-8-12(15(19)20)25-13(22-10)9-11(23-25)16(26)21-2-1-3-24-4-6-27-7-5-24/h8-9,14-15H,1-7H2,(H,21,26). The molecule has 1 amide bonds. The van der Waals surface area contributed by atoms with E-state index < -0.39 is 30.1 Å². The highest BCUT2D eigenvalue weighted by Crippen LogP contribution is 2.25. The number of nitrogens with zero attached hydrogens (tertiary/aromatic N) is 4. The molecule has 1 N–H and O–H groups in total. The van der Waals surface area contributed by atoms with Crippen LogP contribution in [-0.4, -0.2) is 64.8 Å². The maximum atomic E-state index is 13.1. The first kappa shape index (κ1) is 19.5. The topological polar surface area (TPSA) is 71.8 Å². The number of hydrogen-bond acceptors (Lipinski definition) is 5. The second kappa shape index (κ2) is 8.61. The molecule has 1 saturated heterocycles. The van der Waals surface area contributed by atoms with Crippen molar-refractivity contribution < 1.29 is 27.1 Å². The maximum Gasteiger partial charge on any atom is 0.280 e. The maximum absolute atomic E-state index is 13.1. The number of nitrogens with one attached hydrogen (secondary N) is 1. The van der Waals surface area contributed by atoms with E-state index in [1.807, 2.05) is 0 Å². The van der Waals surface area contributed by atoms with E-state index in [-0.39, 0.29) is 11.3 Å². The van der Waals surface area contributed by atoms with Crippen molar-refractivity contribution >= 4 is 11.6 Å². The molecule has 11 heteroatoms. The van der Waals surface area contributed by atoms with E-state index in [0.717, 1.165) is 30.2 Å². The molecule has 148 valence electrons. The van der Waals surface area contributed by atoms with Crippen LogP contribution in [0.15, 0.2) is 12.1 Å². The zero-order valence-electron chi connectivity index (χ0n) is 14.4. The van der Waals surface area contributed by atoms with Crippen LogP contribution in [-0.2, 0) is 4.74 Å². The molecule has 0 spiro atoms. The van der Waals surface area contributed by atoms with Gasteiger partial charge in [0.25, 0.3) is 18.8 Å². The van der Waals surface area contributed by atoms with Crippen LogP contribution in [0.1, 0.15) is 41.1 Å². The van der Waals surface area contributed by atoms with Crippen molar-refractivity contribution in [3.05, 3.63) is 29.2 Å². The van der Waals surface area contributed by atoms with E-state index in [2.05, 4.69) is 20.3 Å². The number of fused-ring (bicyclic) bond motifs is 1. The molecule has 0 atom stereocenters. The molecule has 1 fully saturated rings. The highest BCUT2D eigenvalue weighted by atomic mass is 19.3. The molecule has 27 heavy (non-hydrogen) atoms. The predicted molar refractivity (Wildman–Crippen MR) is 87.1 cm³/mol. The summed E-state index contributed by atoms with van der Waals surface area (Å²) in [5.74, 6) is -0.568. The summed E-state index contributed by atoms with van der Waals surface area (Å²) < 4.78 is 57.9. The summed E-state index contributed by atoms with van der Waals surface area (Å²) in [6, 6.07) is 1.72.